The van der Waals surface area contributed by atoms with E-state index in [1.165, 1.54) is 6.07 Å². The first-order valence-corrected chi connectivity index (χ1v) is 7.96. The van der Waals surface area contributed by atoms with Crippen molar-refractivity contribution in [3.63, 3.8) is 0 Å². The third-order valence-corrected chi connectivity index (χ3v) is 5.44. The van der Waals surface area contributed by atoms with Crippen LogP contribution in [-0.2, 0) is 16.6 Å². The maximum atomic E-state index is 11.8. The van der Waals surface area contributed by atoms with Crippen LogP contribution < -0.4 is 4.72 Å². The largest absolute Gasteiger partial charge is 0.337 e. The standard InChI is InChI=1S/C10H12ClN3O2S2/c11-9-2-3-10(17-9)18(15,16)13-4-1-6-14-7-5-12-8-14/h2-3,5,7-8,13H,1,4,6H2. The normalized spacial score (nSPS) is 11.8. The molecule has 1 N–H and O–H groups in total. The minimum absolute atomic E-state index is 0.245. The molecule has 8 heteroatoms. The average molecular weight is 306 g/mol. The zero-order valence-corrected chi connectivity index (χ0v) is 11.8. The molecule has 0 atom stereocenters. The van der Waals surface area contributed by atoms with Gasteiger partial charge in [-0.3, -0.25) is 0 Å². The molecule has 0 fully saturated rings. The van der Waals surface area contributed by atoms with Crippen molar-refractivity contribution >= 4 is 33.0 Å². The fourth-order valence-electron chi connectivity index (χ4n) is 1.40. The summed E-state index contributed by atoms with van der Waals surface area (Å²) in [4.78, 5) is 3.91. The number of rotatable bonds is 6. The molecule has 18 heavy (non-hydrogen) atoms. The van der Waals surface area contributed by atoms with Crippen LogP contribution in [0.4, 0.5) is 0 Å². The summed E-state index contributed by atoms with van der Waals surface area (Å²) in [6.07, 6.45) is 5.94. The highest BCUT2D eigenvalue weighted by Crippen LogP contribution is 2.25. The summed E-state index contributed by atoms with van der Waals surface area (Å²) in [6, 6.07) is 3.08. The lowest BCUT2D eigenvalue weighted by Gasteiger charge is -2.05. The molecule has 0 saturated carbocycles. The van der Waals surface area contributed by atoms with Crippen LogP contribution in [0.25, 0.3) is 0 Å². The molecule has 2 aromatic heterocycles. The Morgan fingerprint density at radius 3 is 2.89 bits per heavy atom. The summed E-state index contributed by atoms with van der Waals surface area (Å²) in [5.74, 6) is 0. The number of imidazole rings is 1. The van der Waals surface area contributed by atoms with Gasteiger partial charge in [0.15, 0.2) is 0 Å². The Labute approximate surface area is 114 Å². The van der Waals surface area contributed by atoms with Crippen molar-refractivity contribution in [2.45, 2.75) is 17.2 Å². The Morgan fingerprint density at radius 1 is 1.44 bits per heavy atom. The number of aryl methyl sites for hydroxylation is 1. The zero-order valence-electron chi connectivity index (χ0n) is 9.41. The Morgan fingerprint density at radius 2 is 2.28 bits per heavy atom. The number of nitrogens with one attached hydrogen (secondary N) is 1. The maximum absolute atomic E-state index is 11.8. The predicted molar refractivity (Wildman–Crippen MR) is 71.4 cm³/mol. The number of sulfonamides is 1. The first-order chi connectivity index (χ1) is 8.58. The van der Waals surface area contributed by atoms with Gasteiger partial charge in [-0.25, -0.2) is 18.1 Å². The SMILES string of the molecule is O=S(=O)(NCCCn1ccnc1)c1ccc(Cl)s1. The van der Waals surface area contributed by atoms with Crippen molar-refractivity contribution in [3.05, 3.63) is 35.2 Å². The molecule has 2 rings (SSSR count). The number of aromatic nitrogens is 2. The van der Waals surface area contributed by atoms with Crippen molar-refractivity contribution in [1.29, 1.82) is 0 Å². The molecular formula is C10H12ClN3O2S2. The van der Waals surface area contributed by atoms with Gasteiger partial charge in [-0.2, -0.15) is 0 Å². The van der Waals surface area contributed by atoms with Gasteiger partial charge in [-0.1, -0.05) is 11.6 Å². The Balaban J connectivity index is 1.82. The van der Waals surface area contributed by atoms with E-state index in [-0.39, 0.29) is 4.21 Å². The van der Waals surface area contributed by atoms with Gasteiger partial charge in [-0.05, 0) is 18.6 Å². The smallest absolute Gasteiger partial charge is 0.250 e. The van der Waals surface area contributed by atoms with E-state index in [0.717, 1.165) is 17.9 Å². The van der Waals surface area contributed by atoms with Gasteiger partial charge >= 0.3 is 0 Å². The molecule has 0 aliphatic carbocycles. The van der Waals surface area contributed by atoms with E-state index in [0.29, 0.717) is 17.3 Å². The second-order valence-corrected chi connectivity index (χ2v) is 7.32. The van der Waals surface area contributed by atoms with Gasteiger partial charge in [0.05, 0.1) is 10.7 Å². The molecule has 2 aromatic rings. The highest BCUT2D eigenvalue weighted by atomic mass is 35.5. The van der Waals surface area contributed by atoms with E-state index >= 15 is 0 Å². The van der Waals surface area contributed by atoms with Crippen molar-refractivity contribution in [3.8, 4) is 0 Å². The number of hydrogen-bond donors (Lipinski definition) is 1. The maximum Gasteiger partial charge on any atom is 0.250 e. The molecule has 0 saturated heterocycles. The van der Waals surface area contributed by atoms with E-state index in [2.05, 4.69) is 9.71 Å². The summed E-state index contributed by atoms with van der Waals surface area (Å²) < 4.78 is 28.8. The lowest BCUT2D eigenvalue weighted by atomic mass is 10.4. The molecule has 0 radical (unpaired) electrons. The Kier molecular flexibility index (Phi) is 4.39. The van der Waals surface area contributed by atoms with Gasteiger partial charge in [0.2, 0.25) is 10.0 Å². The highest BCUT2D eigenvalue weighted by molar-refractivity contribution is 7.91. The van der Waals surface area contributed by atoms with Gasteiger partial charge in [-0.15, -0.1) is 11.3 Å². The third-order valence-electron chi connectivity index (χ3n) is 2.26. The number of hydrogen-bond acceptors (Lipinski definition) is 4. The van der Waals surface area contributed by atoms with E-state index in [4.69, 9.17) is 11.6 Å². The van der Waals surface area contributed by atoms with Crippen LogP contribution in [0.2, 0.25) is 4.34 Å². The fraction of sp³-hybridized carbons (Fsp3) is 0.300. The quantitative estimate of drug-likeness (QED) is 0.830. The molecule has 0 aliphatic rings. The van der Waals surface area contributed by atoms with Crippen molar-refractivity contribution in [1.82, 2.24) is 14.3 Å². The molecule has 98 valence electrons. The van der Waals surface area contributed by atoms with Crippen LogP contribution in [0, 0.1) is 0 Å². The summed E-state index contributed by atoms with van der Waals surface area (Å²) in [7, 11) is -3.42. The summed E-state index contributed by atoms with van der Waals surface area (Å²) in [6.45, 7) is 1.11. The predicted octanol–water partition coefficient (Wildman–Crippen LogP) is 1.97. The molecular weight excluding hydrogens is 294 g/mol. The molecule has 2 heterocycles. The van der Waals surface area contributed by atoms with Crippen LogP contribution in [-0.4, -0.2) is 24.5 Å². The summed E-state index contributed by atoms with van der Waals surface area (Å²) in [5, 5.41) is 0. The Hall–Kier alpha value is -0.890. The van der Waals surface area contributed by atoms with E-state index in [1.807, 2.05) is 10.8 Å². The molecule has 0 unspecified atom stereocenters. The monoisotopic (exact) mass is 305 g/mol. The van der Waals surface area contributed by atoms with Crippen LogP contribution in [0.5, 0.6) is 0 Å². The molecule has 5 nitrogen and oxygen atoms in total. The van der Waals surface area contributed by atoms with E-state index in [1.54, 1.807) is 18.6 Å². The van der Waals surface area contributed by atoms with Crippen LogP contribution in [0.1, 0.15) is 6.42 Å². The van der Waals surface area contributed by atoms with Crippen LogP contribution in [0.15, 0.2) is 35.1 Å². The first kappa shape index (κ1) is 13.5. The summed E-state index contributed by atoms with van der Waals surface area (Å²) >= 11 is 6.76. The Bertz CT molecular complexity index is 592. The van der Waals surface area contributed by atoms with Gasteiger partial charge in [0.25, 0.3) is 0 Å². The van der Waals surface area contributed by atoms with Gasteiger partial charge < -0.3 is 4.57 Å². The van der Waals surface area contributed by atoms with Gasteiger partial charge in [0.1, 0.15) is 4.21 Å². The lowest BCUT2D eigenvalue weighted by molar-refractivity contribution is 0.571. The molecule has 0 spiro atoms. The van der Waals surface area contributed by atoms with Crippen molar-refractivity contribution in [2.75, 3.05) is 6.54 Å². The third kappa shape index (κ3) is 3.55. The van der Waals surface area contributed by atoms with Gasteiger partial charge in [0, 0.05) is 25.5 Å². The van der Waals surface area contributed by atoms with Crippen LogP contribution in [0.3, 0.4) is 0 Å². The van der Waals surface area contributed by atoms with Crippen molar-refractivity contribution in [2.24, 2.45) is 0 Å². The number of halogens is 1. The fourth-order valence-corrected chi connectivity index (χ4v) is 4.00. The topological polar surface area (TPSA) is 64.0 Å². The second-order valence-electron chi connectivity index (χ2n) is 3.61. The summed E-state index contributed by atoms with van der Waals surface area (Å²) in [5.41, 5.74) is 0. The molecule has 0 aliphatic heterocycles. The number of nitrogens with zero attached hydrogens (tertiary/aromatic N) is 2. The minimum atomic E-state index is -3.42. The minimum Gasteiger partial charge on any atom is -0.337 e. The number of thiophene rings is 1. The molecule has 0 aromatic carbocycles. The van der Waals surface area contributed by atoms with E-state index in [9.17, 15) is 8.42 Å². The molecule has 0 bridgehead atoms. The van der Waals surface area contributed by atoms with Crippen LogP contribution >= 0.6 is 22.9 Å². The lowest BCUT2D eigenvalue weighted by Crippen LogP contribution is -2.24. The highest BCUT2D eigenvalue weighted by Gasteiger charge is 2.15. The average Bonchev–Trinajstić information content (AvgIpc) is 2.95. The van der Waals surface area contributed by atoms with E-state index < -0.39 is 10.0 Å². The molecule has 0 amide bonds. The first-order valence-electron chi connectivity index (χ1n) is 5.29. The second kappa shape index (κ2) is 5.83. The zero-order chi connectivity index (χ0) is 13.0. The van der Waals surface area contributed by atoms with Crippen molar-refractivity contribution < 1.29 is 8.42 Å².